The number of nitrogens with zero attached hydrogens (tertiary/aromatic N) is 4. The molecule has 2 amide bonds. The van der Waals surface area contributed by atoms with Crippen LogP contribution in [-0.4, -0.2) is 37.7 Å². The Kier molecular flexibility index (Phi) is 6.61. The molecule has 1 aliphatic carbocycles. The molecule has 2 aromatic heterocycles. The van der Waals surface area contributed by atoms with Gasteiger partial charge in [0.2, 0.25) is 11.8 Å². The molecule has 2 aromatic carbocycles. The summed E-state index contributed by atoms with van der Waals surface area (Å²) in [6.45, 7) is 2.08. The first kappa shape index (κ1) is 22.8. The lowest BCUT2D eigenvalue weighted by Crippen LogP contribution is -2.47. The van der Waals surface area contributed by atoms with E-state index >= 15 is 0 Å². The molecule has 1 saturated carbocycles. The van der Waals surface area contributed by atoms with Crippen LogP contribution in [0.5, 0.6) is 0 Å². The first-order valence-corrected chi connectivity index (χ1v) is 12.1. The summed E-state index contributed by atoms with van der Waals surface area (Å²) in [6, 6.07) is 18.2. The Labute approximate surface area is 203 Å². The second kappa shape index (κ2) is 10.1. The summed E-state index contributed by atoms with van der Waals surface area (Å²) in [5.41, 5.74) is 3.22. The molecule has 0 spiro atoms. The van der Waals surface area contributed by atoms with Gasteiger partial charge in [0.05, 0.1) is 18.3 Å². The topological polar surface area (TPSA) is 93.3 Å². The number of furan rings is 1. The maximum absolute atomic E-state index is 13.9. The van der Waals surface area contributed by atoms with Crippen molar-refractivity contribution in [3.8, 4) is 0 Å². The van der Waals surface area contributed by atoms with E-state index < -0.39 is 6.04 Å². The number of aromatic nitrogens is 3. The number of hydrogen-bond donors (Lipinski definition) is 1. The number of aryl methyl sites for hydroxylation is 1. The molecule has 0 saturated heterocycles. The van der Waals surface area contributed by atoms with Crippen LogP contribution in [0.3, 0.4) is 0 Å². The van der Waals surface area contributed by atoms with Crippen LogP contribution < -0.4 is 5.32 Å². The van der Waals surface area contributed by atoms with Crippen molar-refractivity contribution in [3.05, 3.63) is 83.8 Å². The predicted molar refractivity (Wildman–Crippen MR) is 131 cm³/mol. The molecule has 35 heavy (non-hydrogen) atoms. The Bertz CT molecular complexity index is 1310. The number of nitrogens with one attached hydrogen (secondary N) is 1. The molecule has 8 heteroatoms. The van der Waals surface area contributed by atoms with E-state index in [0.29, 0.717) is 11.3 Å². The molecule has 5 rings (SSSR count). The fourth-order valence-corrected chi connectivity index (χ4v) is 4.84. The summed E-state index contributed by atoms with van der Waals surface area (Å²) >= 11 is 0. The van der Waals surface area contributed by atoms with Gasteiger partial charge in [-0.15, -0.1) is 5.10 Å². The third-order valence-electron chi connectivity index (χ3n) is 6.68. The van der Waals surface area contributed by atoms with Crippen LogP contribution in [0.4, 0.5) is 0 Å². The van der Waals surface area contributed by atoms with Crippen LogP contribution in [-0.2, 0) is 22.7 Å². The fraction of sp³-hybridized carbons (Fsp3) is 0.333. The van der Waals surface area contributed by atoms with Crippen molar-refractivity contribution in [1.29, 1.82) is 0 Å². The maximum Gasteiger partial charge on any atom is 0.247 e. The van der Waals surface area contributed by atoms with Crippen LogP contribution in [0.2, 0.25) is 0 Å². The molecular weight excluding hydrogens is 442 g/mol. The van der Waals surface area contributed by atoms with Crippen LogP contribution in [0.15, 0.2) is 71.3 Å². The zero-order chi connectivity index (χ0) is 24.2. The van der Waals surface area contributed by atoms with Gasteiger partial charge in [-0.25, -0.2) is 4.68 Å². The largest absolute Gasteiger partial charge is 0.467 e. The van der Waals surface area contributed by atoms with Crippen LogP contribution in [0.1, 0.15) is 48.6 Å². The van der Waals surface area contributed by atoms with Gasteiger partial charge < -0.3 is 14.6 Å². The summed E-state index contributed by atoms with van der Waals surface area (Å²) in [6.07, 6.45) is 5.71. The molecule has 180 valence electrons. The van der Waals surface area contributed by atoms with E-state index in [1.165, 1.54) is 0 Å². The van der Waals surface area contributed by atoms with E-state index in [0.717, 1.165) is 42.3 Å². The van der Waals surface area contributed by atoms with Gasteiger partial charge in [0, 0.05) is 6.04 Å². The number of rotatable bonds is 8. The average Bonchev–Trinajstić information content (AvgIpc) is 3.63. The minimum Gasteiger partial charge on any atom is -0.467 e. The van der Waals surface area contributed by atoms with Crippen molar-refractivity contribution in [3.63, 3.8) is 0 Å². The molecule has 1 atom stereocenters. The highest BCUT2D eigenvalue weighted by atomic mass is 16.3. The molecule has 8 nitrogen and oxygen atoms in total. The van der Waals surface area contributed by atoms with Crippen molar-refractivity contribution in [2.24, 2.45) is 0 Å². The zero-order valence-electron chi connectivity index (χ0n) is 19.8. The summed E-state index contributed by atoms with van der Waals surface area (Å²) in [5, 5.41) is 11.6. The molecular formula is C27H29N5O3. The zero-order valence-corrected chi connectivity index (χ0v) is 19.8. The van der Waals surface area contributed by atoms with Gasteiger partial charge >= 0.3 is 0 Å². The van der Waals surface area contributed by atoms with Crippen LogP contribution in [0, 0.1) is 6.92 Å². The number of hydrogen-bond acceptors (Lipinski definition) is 5. The Hall–Kier alpha value is -3.94. The Morgan fingerprint density at radius 2 is 1.86 bits per heavy atom. The van der Waals surface area contributed by atoms with Crippen molar-refractivity contribution in [2.75, 3.05) is 0 Å². The molecule has 1 aliphatic rings. The number of para-hydroxylation sites is 1. The molecule has 2 heterocycles. The summed E-state index contributed by atoms with van der Waals surface area (Å²) < 4.78 is 7.17. The maximum atomic E-state index is 13.9. The number of amides is 2. The first-order valence-electron chi connectivity index (χ1n) is 12.1. The second-order valence-electron chi connectivity index (χ2n) is 9.09. The Morgan fingerprint density at radius 3 is 2.63 bits per heavy atom. The lowest BCUT2D eigenvalue weighted by molar-refractivity contribution is -0.142. The molecule has 4 aromatic rings. The van der Waals surface area contributed by atoms with Gasteiger partial charge in [0.15, 0.2) is 0 Å². The molecule has 1 fully saturated rings. The minimum absolute atomic E-state index is 0.0414. The van der Waals surface area contributed by atoms with Gasteiger partial charge in [0.25, 0.3) is 0 Å². The number of carbonyl (C=O) groups is 2. The monoisotopic (exact) mass is 471 g/mol. The molecule has 0 radical (unpaired) electrons. The third kappa shape index (κ3) is 4.96. The summed E-state index contributed by atoms with van der Waals surface area (Å²) in [4.78, 5) is 29.2. The van der Waals surface area contributed by atoms with Gasteiger partial charge in [-0.2, -0.15) is 0 Å². The smallest absolute Gasteiger partial charge is 0.247 e. The standard InChI is InChI=1S/C27H29N5O3/c1-19-9-2-5-13-22(19)26(27(34)28-20-10-3-4-11-20)31(17-21-12-8-16-35-21)25(33)18-32-24-15-7-6-14-23(24)29-30-32/h2,5-9,12-16,20,26H,3-4,10-11,17-18H2,1H3,(H,28,34). The predicted octanol–water partition coefficient (Wildman–Crippen LogP) is 4.16. The van der Waals surface area contributed by atoms with E-state index in [-0.39, 0.29) is 30.9 Å². The number of carbonyl (C=O) groups excluding carboxylic acids is 2. The molecule has 1 unspecified atom stereocenters. The SMILES string of the molecule is Cc1ccccc1C(C(=O)NC1CCCC1)N(Cc1ccco1)C(=O)Cn1nnc2ccccc21. The number of benzene rings is 2. The Morgan fingerprint density at radius 1 is 1.09 bits per heavy atom. The van der Waals surface area contributed by atoms with Gasteiger partial charge in [-0.05, 0) is 55.2 Å². The molecule has 0 aliphatic heterocycles. The van der Waals surface area contributed by atoms with Crippen molar-refractivity contribution < 1.29 is 14.0 Å². The highest BCUT2D eigenvalue weighted by molar-refractivity contribution is 5.89. The van der Waals surface area contributed by atoms with Crippen molar-refractivity contribution in [1.82, 2.24) is 25.2 Å². The highest BCUT2D eigenvalue weighted by Gasteiger charge is 2.34. The van der Waals surface area contributed by atoms with E-state index in [9.17, 15) is 9.59 Å². The van der Waals surface area contributed by atoms with Gasteiger partial charge in [0.1, 0.15) is 23.9 Å². The lowest BCUT2D eigenvalue weighted by atomic mass is 9.98. The highest BCUT2D eigenvalue weighted by Crippen LogP contribution is 2.28. The van der Waals surface area contributed by atoms with E-state index in [1.807, 2.05) is 61.5 Å². The average molecular weight is 472 g/mol. The van der Waals surface area contributed by atoms with Crippen LogP contribution >= 0.6 is 0 Å². The lowest BCUT2D eigenvalue weighted by Gasteiger charge is -2.32. The normalized spacial score (nSPS) is 14.8. The minimum atomic E-state index is -0.802. The molecule has 0 bridgehead atoms. The third-order valence-corrected chi connectivity index (χ3v) is 6.68. The van der Waals surface area contributed by atoms with Gasteiger partial charge in [-0.1, -0.05) is 54.5 Å². The first-order chi connectivity index (χ1) is 17.1. The van der Waals surface area contributed by atoms with Crippen molar-refractivity contribution >= 4 is 22.8 Å². The van der Waals surface area contributed by atoms with Crippen molar-refractivity contribution in [2.45, 2.75) is 57.8 Å². The van der Waals surface area contributed by atoms with E-state index in [2.05, 4.69) is 15.6 Å². The van der Waals surface area contributed by atoms with Crippen LogP contribution in [0.25, 0.3) is 11.0 Å². The second-order valence-corrected chi connectivity index (χ2v) is 9.09. The number of fused-ring (bicyclic) bond motifs is 1. The summed E-state index contributed by atoms with van der Waals surface area (Å²) in [7, 11) is 0. The van der Waals surface area contributed by atoms with E-state index in [1.54, 1.807) is 21.9 Å². The fourth-order valence-electron chi connectivity index (χ4n) is 4.84. The molecule has 1 N–H and O–H groups in total. The van der Waals surface area contributed by atoms with Gasteiger partial charge in [-0.3, -0.25) is 9.59 Å². The summed E-state index contributed by atoms with van der Waals surface area (Å²) in [5.74, 6) is 0.190. The Balaban J connectivity index is 1.52. The quantitative estimate of drug-likeness (QED) is 0.417. The van der Waals surface area contributed by atoms with E-state index in [4.69, 9.17) is 4.42 Å².